The van der Waals surface area contributed by atoms with Crippen molar-refractivity contribution in [3.05, 3.63) is 22.4 Å². The molecular formula is C14H24N2S. The van der Waals surface area contributed by atoms with Crippen LogP contribution in [0.2, 0.25) is 0 Å². The van der Waals surface area contributed by atoms with E-state index in [1.54, 1.807) is 0 Å². The van der Waals surface area contributed by atoms with E-state index in [1.165, 1.54) is 43.8 Å². The number of nitrogens with zero attached hydrogens (tertiary/aromatic N) is 1. The van der Waals surface area contributed by atoms with Crippen LogP contribution in [-0.4, -0.2) is 31.1 Å². The molecule has 0 aromatic carbocycles. The van der Waals surface area contributed by atoms with Gasteiger partial charge in [-0.1, -0.05) is 19.4 Å². The zero-order chi connectivity index (χ0) is 11.9. The van der Waals surface area contributed by atoms with Gasteiger partial charge in [0.2, 0.25) is 0 Å². The molecule has 1 aromatic heterocycles. The standard InChI is InChI=1S/C14H24N2S/c1-2-13-5-3-8-16(12-13)9-7-15-11-14-6-4-10-17-14/h4,6,10,13,15H,2-3,5,7-9,11-12H2,1H3. The Morgan fingerprint density at radius 3 is 3.24 bits per heavy atom. The molecule has 2 rings (SSSR count). The highest BCUT2D eigenvalue weighted by Crippen LogP contribution is 2.18. The summed E-state index contributed by atoms with van der Waals surface area (Å²) in [5, 5.41) is 5.68. The van der Waals surface area contributed by atoms with Crippen LogP contribution in [0.15, 0.2) is 17.5 Å². The van der Waals surface area contributed by atoms with Gasteiger partial charge in [0.15, 0.2) is 0 Å². The van der Waals surface area contributed by atoms with Gasteiger partial charge in [-0.25, -0.2) is 0 Å². The van der Waals surface area contributed by atoms with E-state index < -0.39 is 0 Å². The van der Waals surface area contributed by atoms with E-state index in [9.17, 15) is 0 Å². The van der Waals surface area contributed by atoms with E-state index >= 15 is 0 Å². The van der Waals surface area contributed by atoms with Crippen LogP contribution in [0.4, 0.5) is 0 Å². The van der Waals surface area contributed by atoms with Gasteiger partial charge >= 0.3 is 0 Å². The Morgan fingerprint density at radius 1 is 1.53 bits per heavy atom. The molecule has 1 unspecified atom stereocenters. The summed E-state index contributed by atoms with van der Waals surface area (Å²) < 4.78 is 0. The highest BCUT2D eigenvalue weighted by Gasteiger charge is 2.17. The van der Waals surface area contributed by atoms with Gasteiger partial charge in [0.25, 0.3) is 0 Å². The molecule has 2 heterocycles. The van der Waals surface area contributed by atoms with Crippen molar-refractivity contribution in [2.75, 3.05) is 26.2 Å². The number of likely N-dealkylation sites (tertiary alicyclic amines) is 1. The van der Waals surface area contributed by atoms with Crippen LogP contribution in [-0.2, 0) is 6.54 Å². The monoisotopic (exact) mass is 252 g/mol. The molecule has 0 saturated carbocycles. The first kappa shape index (κ1) is 13.1. The predicted molar refractivity (Wildman–Crippen MR) is 75.5 cm³/mol. The van der Waals surface area contributed by atoms with Gasteiger partial charge < -0.3 is 10.2 Å². The Labute approximate surface area is 109 Å². The Hall–Kier alpha value is -0.380. The van der Waals surface area contributed by atoms with Gasteiger partial charge in [-0.15, -0.1) is 11.3 Å². The lowest BCUT2D eigenvalue weighted by Crippen LogP contribution is -2.39. The summed E-state index contributed by atoms with van der Waals surface area (Å²) in [7, 11) is 0. The summed E-state index contributed by atoms with van der Waals surface area (Å²) in [4.78, 5) is 4.06. The molecule has 3 heteroatoms. The van der Waals surface area contributed by atoms with Crippen molar-refractivity contribution < 1.29 is 0 Å². The van der Waals surface area contributed by atoms with Crippen molar-refractivity contribution in [2.24, 2.45) is 5.92 Å². The number of hydrogen-bond donors (Lipinski definition) is 1. The molecule has 1 aromatic rings. The number of piperidine rings is 1. The topological polar surface area (TPSA) is 15.3 Å². The molecule has 0 radical (unpaired) electrons. The van der Waals surface area contributed by atoms with Crippen molar-refractivity contribution in [1.29, 1.82) is 0 Å². The third-order valence-electron chi connectivity index (χ3n) is 3.66. The first-order valence-electron chi connectivity index (χ1n) is 6.84. The molecule has 1 aliphatic rings. The summed E-state index contributed by atoms with van der Waals surface area (Å²) in [6, 6.07) is 4.32. The van der Waals surface area contributed by atoms with Crippen LogP contribution in [0.1, 0.15) is 31.1 Å². The summed E-state index contributed by atoms with van der Waals surface area (Å²) in [5.74, 6) is 0.945. The quantitative estimate of drug-likeness (QED) is 0.783. The highest BCUT2D eigenvalue weighted by atomic mass is 32.1. The summed E-state index contributed by atoms with van der Waals surface area (Å²) in [5.41, 5.74) is 0. The summed E-state index contributed by atoms with van der Waals surface area (Å²) in [6.07, 6.45) is 4.18. The smallest absolute Gasteiger partial charge is 0.0300 e. The van der Waals surface area contributed by atoms with Crippen LogP contribution in [0, 0.1) is 5.92 Å². The van der Waals surface area contributed by atoms with E-state index in [-0.39, 0.29) is 0 Å². The number of nitrogens with one attached hydrogen (secondary N) is 1. The zero-order valence-corrected chi connectivity index (χ0v) is 11.6. The molecule has 1 atom stereocenters. The molecule has 1 aliphatic heterocycles. The summed E-state index contributed by atoms with van der Waals surface area (Å²) in [6.45, 7) is 8.30. The van der Waals surface area contributed by atoms with Crippen LogP contribution < -0.4 is 5.32 Å². The van der Waals surface area contributed by atoms with E-state index in [4.69, 9.17) is 0 Å². The maximum absolute atomic E-state index is 3.54. The minimum absolute atomic E-state index is 0.945. The normalized spacial score (nSPS) is 21.8. The maximum atomic E-state index is 3.54. The van der Waals surface area contributed by atoms with Gasteiger partial charge in [0, 0.05) is 31.1 Å². The third kappa shape index (κ3) is 4.41. The van der Waals surface area contributed by atoms with E-state index in [2.05, 4.69) is 34.7 Å². The van der Waals surface area contributed by atoms with Crippen molar-refractivity contribution in [3.63, 3.8) is 0 Å². The average Bonchev–Trinajstić information content (AvgIpc) is 2.88. The molecule has 1 N–H and O–H groups in total. The van der Waals surface area contributed by atoms with Gasteiger partial charge in [-0.2, -0.15) is 0 Å². The van der Waals surface area contributed by atoms with Crippen molar-refractivity contribution >= 4 is 11.3 Å². The average molecular weight is 252 g/mol. The van der Waals surface area contributed by atoms with Gasteiger partial charge in [0.05, 0.1) is 0 Å². The molecule has 0 aliphatic carbocycles. The van der Waals surface area contributed by atoms with Crippen LogP contribution in [0.5, 0.6) is 0 Å². The lowest BCUT2D eigenvalue weighted by Gasteiger charge is -2.32. The van der Waals surface area contributed by atoms with Crippen molar-refractivity contribution in [2.45, 2.75) is 32.7 Å². The van der Waals surface area contributed by atoms with E-state index in [1.807, 2.05) is 11.3 Å². The minimum Gasteiger partial charge on any atom is -0.311 e. The molecule has 2 nitrogen and oxygen atoms in total. The second-order valence-electron chi connectivity index (χ2n) is 4.97. The van der Waals surface area contributed by atoms with Crippen LogP contribution in [0.3, 0.4) is 0 Å². The lowest BCUT2D eigenvalue weighted by molar-refractivity contribution is 0.172. The highest BCUT2D eigenvalue weighted by molar-refractivity contribution is 7.09. The molecular weight excluding hydrogens is 228 g/mol. The minimum atomic E-state index is 0.945. The predicted octanol–water partition coefficient (Wildman–Crippen LogP) is 2.96. The fraction of sp³-hybridized carbons (Fsp3) is 0.714. The Bertz CT molecular complexity index is 297. The molecule has 0 bridgehead atoms. The van der Waals surface area contributed by atoms with Crippen LogP contribution >= 0.6 is 11.3 Å². The van der Waals surface area contributed by atoms with E-state index in [0.29, 0.717) is 0 Å². The SMILES string of the molecule is CCC1CCCN(CCNCc2cccs2)C1. The van der Waals surface area contributed by atoms with E-state index in [0.717, 1.165) is 19.0 Å². The second kappa shape index (κ2) is 7.14. The fourth-order valence-electron chi connectivity index (χ4n) is 2.55. The van der Waals surface area contributed by atoms with Crippen molar-refractivity contribution in [3.8, 4) is 0 Å². The Kier molecular flexibility index (Phi) is 5.49. The molecule has 1 fully saturated rings. The number of hydrogen-bond acceptors (Lipinski definition) is 3. The van der Waals surface area contributed by atoms with Crippen molar-refractivity contribution in [1.82, 2.24) is 10.2 Å². The van der Waals surface area contributed by atoms with Crippen LogP contribution in [0.25, 0.3) is 0 Å². The third-order valence-corrected chi connectivity index (χ3v) is 4.54. The Balaban J connectivity index is 1.58. The molecule has 1 saturated heterocycles. The second-order valence-corrected chi connectivity index (χ2v) is 6.01. The Morgan fingerprint density at radius 2 is 2.47 bits per heavy atom. The van der Waals surface area contributed by atoms with Gasteiger partial charge in [0.1, 0.15) is 0 Å². The lowest BCUT2D eigenvalue weighted by atomic mass is 9.96. The molecule has 17 heavy (non-hydrogen) atoms. The maximum Gasteiger partial charge on any atom is 0.0300 e. The zero-order valence-electron chi connectivity index (χ0n) is 10.8. The molecule has 96 valence electrons. The largest absolute Gasteiger partial charge is 0.311 e. The fourth-order valence-corrected chi connectivity index (χ4v) is 3.22. The first-order valence-corrected chi connectivity index (χ1v) is 7.72. The molecule has 0 spiro atoms. The number of rotatable bonds is 6. The van der Waals surface area contributed by atoms with Gasteiger partial charge in [-0.05, 0) is 36.8 Å². The van der Waals surface area contributed by atoms with Gasteiger partial charge in [-0.3, -0.25) is 0 Å². The molecule has 0 amide bonds. The summed E-state index contributed by atoms with van der Waals surface area (Å²) >= 11 is 1.84. The first-order chi connectivity index (χ1) is 8.38. The number of thiophene rings is 1.